The number of aryl methyl sites for hydroxylation is 1. The van der Waals surface area contributed by atoms with Gasteiger partial charge in [-0.25, -0.2) is 0 Å². The molecular formula is C25H21ClN2O3. The van der Waals surface area contributed by atoms with Crippen LogP contribution < -0.4 is 14.8 Å². The second kappa shape index (κ2) is 10.3. The number of nitrogens with one attached hydrogen (secondary N) is 1. The Hall–Kier alpha value is -3.75. The highest BCUT2D eigenvalue weighted by Gasteiger charge is 2.12. The van der Waals surface area contributed by atoms with E-state index >= 15 is 0 Å². The summed E-state index contributed by atoms with van der Waals surface area (Å²) in [5.41, 5.74) is 3.31. The number of methoxy groups -OCH3 is 1. The van der Waals surface area contributed by atoms with Crippen LogP contribution in [0, 0.1) is 18.3 Å². The normalized spacial score (nSPS) is 10.8. The van der Waals surface area contributed by atoms with Crippen LogP contribution in [0.25, 0.3) is 6.08 Å². The Balaban J connectivity index is 1.75. The molecule has 3 aromatic rings. The summed E-state index contributed by atoms with van der Waals surface area (Å²) in [7, 11) is 1.54. The Bertz CT molecular complexity index is 1170. The summed E-state index contributed by atoms with van der Waals surface area (Å²) in [6.45, 7) is 2.43. The summed E-state index contributed by atoms with van der Waals surface area (Å²) in [6.07, 6.45) is 1.49. The van der Waals surface area contributed by atoms with Gasteiger partial charge >= 0.3 is 0 Å². The SMILES string of the molecule is COc1cc(/C=C(\C#N)C(=O)Nc2cccc(Cl)c2)ccc1OCc1cccc(C)c1. The van der Waals surface area contributed by atoms with Crippen LogP contribution >= 0.6 is 11.6 Å². The first-order valence-electron chi connectivity index (χ1n) is 9.53. The Morgan fingerprint density at radius 2 is 1.90 bits per heavy atom. The lowest BCUT2D eigenvalue weighted by Gasteiger charge is -2.12. The van der Waals surface area contributed by atoms with Gasteiger partial charge in [-0.05, 0) is 54.5 Å². The van der Waals surface area contributed by atoms with Gasteiger partial charge in [0, 0.05) is 10.7 Å². The van der Waals surface area contributed by atoms with E-state index in [9.17, 15) is 10.1 Å². The van der Waals surface area contributed by atoms with Gasteiger partial charge < -0.3 is 14.8 Å². The smallest absolute Gasteiger partial charge is 0.266 e. The molecule has 3 rings (SSSR count). The van der Waals surface area contributed by atoms with Crippen molar-refractivity contribution in [2.75, 3.05) is 12.4 Å². The number of anilines is 1. The van der Waals surface area contributed by atoms with Gasteiger partial charge in [-0.1, -0.05) is 53.6 Å². The monoisotopic (exact) mass is 432 g/mol. The van der Waals surface area contributed by atoms with Crippen molar-refractivity contribution < 1.29 is 14.3 Å². The summed E-state index contributed by atoms with van der Waals surface area (Å²) in [4.78, 5) is 12.5. The first-order valence-corrected chi connectivity index (χ1v) is 9.91. The Morgan fingerprint density at radius 3 is 2.61 bits per heavy atom. The van der Waals surface area contributed by atoms with E-state index in [0.717, 1.165) is 11.1 Å². The van der Waals surface area contributed by atoms with E-state index in [1.165, 1.54) is 6.08 Å². The van der Waals surface area contributed by atoms with Gasteiger partial charge in [0.05, 0.1) is 7.11 Å². The van der Waals surface area contributed by atoms with Crippen molar-refractivity contribution in [1.82, 2.24) is 0 Å². The van der Waals surface area contributed by atoms with Crippen molar-refractivity contribution in [3.05, 3.63) is 94.0 Å². The second-order valence-electron chi connectivity index (χ2n) is 6.82. The predicted molar refractivity (Wildman–Crippen MR) is 122 cm³/mol. The molecule has 1 N–H and O–H groups in total. The number of amides is 1. The number of nitrogens with zero attached hydrogens (tertiary/aromatic N) is 1. The molecule has 1 amide bonds. The van der Waals surface area contributed by atoms with Crippen LogP contribution in [-0.2, 0) is 11.4 Å². The zero-order chi connectivity index (χ0) is 22.2. The number of benzene rings is 3. The molecule has 156 valence electrons. The maximum absolute atomic E-state index is 12.5. The van der Waals surface area contributed by atoms with Gasteiger partial charge in [-0.3, -0.25) is 4.79 Å². The van der Waals surface area contributed by atoms with Crippen LogP contribution in [0.2, 0.25) is 5.02 Å². The third-order valence-corrected chi connectivity index (χ3v) is 4.66. The summed E-state index contributed by atoms with van der Waals surface area (Å²) in [5, 5.41) is 12.6. The number of hydrogen-bond donors (Lipinski definition) is 1. The van der Waals surface area contributed by atoms with Crippen molar-refractivity contribution in [1.29, 1.82) is 5.26 Å². The number of hydrogen-bond acceptors (Lipinski definition) is 4. The molecule has 0 aliphatic rings. The molecule has 0 fully saturated rings. The number of ether oxygens (including phenoxy) is 2. The van der Waals surface area contributed by atoms with Crippen molar-refractivity contribution in [2.45, 2.75) is 13.5 Å². The number of carbonyl (C=O) groups excluding carboxylic acids is 1. The average molecular weight is 433 g/mol. The fraction of sp³-hybridized carbons (Fsp3) is 0.120. The van der Waals surface area contributed by atoms with Gasteiger partial charge in [0.1, 0.15) is 18.2 Å². The first kappa shape index (κ1) is 21.9. The highest BCUT2D eigenvalue weighted by molar-refractivity contribution is 6.31. The van der Waals surface area contributed by atoms with Crippen LogP contribution in [0.1, 0.15) is 16.7 Å². The van der Waals surface area contributed by atoms with Gasteiger partial charge in [-0.15, -0.1) is 0 Å². The third-order valence-electron chi connectivity index (χ3n) is 4.42. The maximum atomic E-state index is 12.5. The average Bonchev–Trinajstić information content (AvgIpc) is 2.76. The number of rotatable bonds is 7. The molecule has 0 heterocycles. The Morgan fingerprint density at radius 1 is 1.10 bits per heavy atom. The van der Waals surface area contributed by atoms with Gasteiger partial charge in [0.25, 0.3) is 5.91 Å². The van der Waals surface area contributed by atoms with E-state index < -0.39 is 5.91 Å². The van der Waals surface area contributed by atoms with Crippen molar-refractivity contribution in [2.24, 2.45) is 0 Å². The molecule has 0 unspecified atom stereocenters. The lowest BCUT2D eigenvalue weighted by Crippen LogP contribution is -2.13. The zero-order valence-corrected chi connectivity index (χ0v) is 17.9. The van der Waals surface area contributed by atoms with Gasteiger partial charge in [0.15, 0.2) is 11.5 Å². The van der Waals surface area contributed by atoms with Crippen LogP contribution in [0.3, 0.4) is 0 Å². The molecule has 3 aromatic carbocycles. The minimum Gasteiger partial charge on any atom is -0.493 e. The molecule has 5 nitrogen and oxygen atoms in total. The lowest BCUT2D eigenvalue weighted by molar-refractivity contribution is -0.112. The highest BCUT2D eigenvalue weighted by atomic mass is 35.5. The zero-order valence-electron chi connectivity index (χ0n) is 17.2. The molecule has 0 aliphatic heterocycles. The van der Waals surface area contributed by atoms with Gasteiger partial charge in [0.2, 0.25) is 0 Å². The molecule has 0 saturated carbocycles. The molecule has 0 aliphatic carbocycles. The van der Waals surface area contributed by atoms with Crippen LogP contribution in [0.5, 0.6) is 11.5 Å². The molecular weight excluding hydrogens is 412 g/mol. The Kier molecular flexibility index (Phi) is 7.31. The van der Waals surface area contributed by atoms with E-state index in [4.69, 9.17) is 21.1 Å². The standard InChI is InChI=1S/C25H21ClN2O3/c1-17-5-3-6-19(11-17)16-31-23-10-9-18(13-24(23)30-2)12-20(15-27)25(29)28-22-8-4-7-21(26)14-22/h3-14H,16H2,1-2H3,(H,28,29)/b20-12+. The molecule has 31 heavy (non-hydrogen) atoms. The number of nitriles is 1. The second-order valence-corrected chi connectivity index (χ2v) is 7.26. The summed E-state index contributed by atoms with van der Waals surface area (Å²) in [5.74, 6) is 0.556. The van der Waals surface area contributed by atoms with E-state index in [1.54, 1.807) is 49.6 Å². The largest absolute Gasteiger partial charge is 0.493 e. The van der Waals surface area contributed by atoms with Crippen molar-refractivity contribution >= 4 is 29.3 Å². The predicted octanol–water partition coefficient (Wildman–Crippen LogP) is 5.78. The van der Waals surface area contributed by atoms with E-state index in [-0.39, 0.29) is 5.57 Å². The first-order chi connectivity index (χ1) is 15.0. The van der Waals surface area contributed by atoms with E-state index in [2.05, 4.69) is 11.4 Å². The highest BCUT2D eigenvalue weighted by Crippen LogP contribution is 2.30. The van der Waals surface area contributed by atoms with Gasteiger partial charge in [-0.2, -0.15) is 5.26 Å². The van der Waals surface area contributed by atoms with Crippen molar-refractivity contribution in [3.63, 3.8) is 0 Å². The maximum Gasteiger partial charge on any atom is 0.266 e. The van der Waals surface area contributed by atoms with Crippen LogP contribution in [-0.4, -0.2) is 13.0 Å². The molecule has 0 bridgehead atoms. The fourth-order valence-electron chi connectivity index (χ4n) is 2.94. The molecule has 0 spiro atoms. The van der Waals surface area contributed by atoms with Crippen molar-refractivity contribution in [3.8, 4) is 17.6 Å². The third kappa shape index (κ3) is 6.11. The fourth-order valence-corrected chi connectivity index (χ4v) is 3.13. The van der Waals surface area contributed by atoms with E-state index in [0.29, 0.717) is 34.4 Å². The quantitative estimate of drug-likeness (QED) is 0.379. The summed E-state index contributed by atoms with van der Waals surface area (Å²) < 4.78 is 11.3. The lowest BCUT2D eigenvalue weighted by atomic mass is 10.1. The Labute approximate surface area is 186 Å². The topological polar surface area (TPSA) is 71.3 Å². The summed E-state index contributed by atoms with van der Waals surface area (Å²) >= 11 is 5.94. The molecule has 6 heteroatoms. The molecule has 0 saturated heterocycles. The minimum atomic E-state index is -0.525. The molecule has 0 atom stereocenters. The van der Waals surface area contributed by atoms with Crippen LogP contribution in [0.15, 0.2) is 72.3 Å². The van der Waals surface area contributed by atoms with Crippen LogP contribution in [0.4, 0.5) is 5.69 Å². The van der Waals surface area contributed by atoms with E-state index in [1.807, 2.05) is 31.2 Å². The number of halogens is 1. The molecule has 0 aromatic heterocycles. The minimum absolute atomic E-state index is 0.0459. The number of carbonyl (C=O) groups is 1. The molecule has 0 radical (unpaired) electrons. The summed E-state index contributed by atoms with van der Waals surface area (Å²) in [6, 6.07) is 22.0.